The molecule has 2 unspecified atom stereocenters. The Morgan fingerprint density at radius 2 is 1.38 bits per heavy atom. The predicted molar refractivity (Wildman–Crippen MR) is 356 cm³/mol. The molecule has 8 atom stereocenters. The van der Waals surface area contributed by atoms with Gasteiger partial charge in [-0.2, -0.15) is 4.57 Å². The number of esters is 1. The Balaban J connectivity index is -0.000000220. The van der Waals surface area contributed by atoms with Gasteiger partial charge in [0.25, 0.3) is 17.0 Å². The molecule has 2 aromatic heterocycles. The van der Waals surface area contributed by atoms with E-state index in [1.807, 2.05) is 33.9 Å². The highest BCUT2D eigenvalue weighted by molar-refractivity contribution is 7.53. The van der Waals surface area contributed by atoms with Gasteiger partial charge in [0.1, 0.15) is 42.2 Å². The zero-order chi connectivity index (χ0) is 61.8. The summed E-state index contributed by atoms with van der Waals surface area (Å²) in [4.78, 5) is 95.3. The van der Waals surface area contributed by atoms with Crippen LogP contribution >= 0.6 is 7.60 Å². The van der Waals surface area contributed by atoms with Crippen molar-refractivity contribution in [3.05, 3.63) is 94.5 Å². The predicted octanol–water partition coefficient (Wildman–Crippen LogP) is 8.66. The molecule has 5 rings (SSSR count). The van der Waals surface area contributed by atoms with Crippen molar-refractivity contribution in [3.63, 3.8) is 0 Å². The van der Waals surface area contributed by atoms with Crippen LogP contribution in [0.4, 0.5) is 0 Å². The molecule has 2 saturated heterocycles. The van der Waals surface area contributed by atoms with Crippen molar-refractivity contribution in [2.45, 2.75) is 129 Å². The standard InChI is InChI=1S/C62H55N4O16PSi.22H2/c1-12-13-14-15-16-17-18-19-20-21-22-23-24-25-26-27-28-29-30-31-36-76-48-38-47(37-43(2)46(48)5)58(72)66-52(69)34-35-64(61(66)74)59-56(82-84(10,11)62(6,7)8)55(80-54(70)33-32-45(4)68)51(79-59)42-77-83(9,75)81-49-39-53(78-50(49)41-67)65-40-44(3)57(71)63-60(65)73;;;;;;;;;;;;;;;;;;;;;;/h1,34-35,37-38,40,49-51,53,55-56,59,67H,32-33,39,41-42H2,2-11H3,(H,63,71,73);22*1H/t49-,50-,51-,53-,55+,56?,59-,83?;;;;;;;;;;;;;;;;;;;;;;/m1....................../s1. The van der Waals surface area contributed by atoms with E-state index in [1.54, 1.807) is 13.8 Å². The molecule has 0 radical (unpaired) electrons. The number of H-pyrrole nitrogens is 1. The molecule has 0 saturated carbocycles. The summed E-state index contributed by atoms with van der Waals surface area (Å²) in [5, 5.41) is 9.71. The first-order chi connectivity index (χ1) is 39.8. The molecule has 0 amide bonds. The second-order valence-corrected chi connectivity index (χ2v) is 26.7. The monoisotopic (exact) mass is 1210 g/mol. The van der Waals surface area contributed by atoms with Gasteiger partial charge in [-0.3, -0.25) is 37.9 Å². The van der Waals surface area contributed by atoms with Gasteiger partial charge in [-0.05, 0) is 116 Å². The lowest BCUT2D eigenvalue weighted by Gasteiger charge is -2.40. The van der Waals surface area contributed by atoms with Gasteiger partial charge in [-0.25, -0.2) is 9.59 Å². The first-order valence-corrected chi connectivity index (χ1v) is 30.3. The summed E-state index contributed by atoms with van der Waals surface area (Å²) in [5.41, 5.74) is -2.42. The highest BCUT2D eigenvalue weighted by atomic mass is 31.2. The molecule has 20 nitrogen and oxygen atoms in total. The van der Waals surface area contributed by atoms with Gasteiger partial charge in [0.15, 0.2) is 20.6 Å². The number of carbonyl (C=O) groups is 3. The summed E-state index contributed by atoms with van der Waals surface area (Å²) >= 11 is 0. The van der Waals surface area contributed by atoms with Crippen LogP contribution in [0.2, 0.25) is 18.1 Å². The lowest BCUT2D eigenvalue weighted by atomic mass is 10.0. The van der Waals surface area contributed by atoms with Gasteiger partial charge >= 0.3 is 24.9 Å². The van der Waals surface area contributed by atoms with E-state index < -0.39 is 112 Å². The van der Waals surface area contributed by atoms with E-state index in [4.69, 9.17) is 38.8 Å². The molecule has 22 heteroatoms. The molecule has 4 heterocycles. The molecule has 2 fully saturated rings. The third-order valence-corrected chi connectivity index (χ3v) is 18.6. The smallest absolute Gasteiger partial charge is 0.340 e. The third kappa shape index (κ3) is 18.3. The fourth-order valence-electron chi connectivity index (χ4n) is 7.50. The zero-order valence-electron chi connectivity index (χ0n) is 47.4. The van der Waals surface area contributed by atoms with Crippen LogP contribution in [-0.2, 0) is 41.8 Å². The minimum atomic E-state index is -4.21. The fraction of sp³-hybridized carbons (Fsp3) is 0.371. The molecular formula is C62H99N4O16PSi. The maximum absolute atomic E-state index is 14.7. The molecule has 0 aliphatic carbocycles. The second-order valence-electron chi connectivity index (χ2n) is 19.9. The number of rotatable bonds is 16. The number of Topliss-reactive ketones (excluding diaryl/α,β-unsaturated/α-hetero) is 1. The van der Waals surface area contributed by atoms with E-state index >= 15 is 0 Å². The summed E-state index contributed by atoms with van der Waals surface area (Å²) in [6.07, 6.45) is 0.139. The number of ketones is 1. The van der Waals surface area contributed by atoms with Crippen LogP contribution in [0.25, 0.3) is 0 Å². The van der Waals surface area contributed by atoms with Gasteiger partial charge < -0.3 is 42.3 Å². The molecule has 84 heavy (non-hydrogen) atoms. The number of nitrogens with zero attached hydrogens (tertiary/aromatic N) is 3. The van der Waals surface area contributed by atoms with Crippen molar-refractivity contribution < 1.29 is 87.9 Å². The molecule has 3 aromatic rings. The van der Waals surface area contributed by atoms with Gasteiger partial charge in [0.05, 0.1) is 25.7 Å². The van der Waals surface area contributed by atoms with E-state index in [9.17, 15) is 43.2 Å². The highest BCUT2D eigenvalue weighted by Crippen LogP contribution is 2.50. The van der Waals surface area contributed by atoms with Crippen molar-refractivity contribution in [3.8, 4) is 137 Å². The van der Waals surface area contributed by atoms with Crippen molar-refractivity contribution >= 4 is 33.6 Å². The van der Waals surface area contributed by atoms with Gasteiger partial charge in [0.2, 0.25) is 0 Å². The highest BCUT2D eigenvalue weighted by Gasteiger charge is 2.54. The average molecular weight is 1220 g/mol. The number of aromatic amines is 1. The maximum Gasteiger partial charge on any atom is 0.340 e. The largest absolute Gasteiger partial charge is 0.457 e. The van der Waals surface area contributed by atoms with Crippen LogP contribution in [0.15, 0.2) is 49.8 Å². The summed E-state index contributed by atoms with van der Waals surface area (Å²) in [5.74, 6) is 46.8. The normalized spacial score (nSPS) is 18.7. The zero-order valence-corrected chi connectivity index (χ0v) is 49.3. The van der Waals surface area contributed by atoms with E-state index in [-0.39, 0.29) is 73.3 Å². The van der Waals surface area contributed by atoms with Crippen LogP contribution in [0.5, 0.6) is 5.75 Å². The molecule has 2 aliphatic rings. The molecule has 0 bridgehead atoms. The molecular weight excluding hydrogens is 1120 g/mol. The van der Waals surface area contributed by atoms with Crippen LogP contribution in [0.1, 0.15) is 118 Å². The fourth-order valence-corrected chi connectivity index (χ4v) is 9.98. The number of aryl methyl sites for hydroxylation is 2. The Morgan fingerprint density at radius 1 is 0.810 bits per heavy atom. The van der Waals surface area contributed by atoms with Crippen LogP contribution < -0.4 is 27.2 Å². The number of nitrogens with one attached hydrogen (secondary N) is 1. The Bertz CT molecular complexity index is 4230. The van der Waals surface area contributed by atoms with Crippen LogP contribution in [-0.4, -0.2) is 100 Å². The Hall–Kier alpha value is -9.44. The lowest BCUT2D eigenvalue weighted by Crippen LogP contribution is -2.51. The van der Waals surface area contributed by atoms with Crippen molar-refractivity contribution in [1.29, 1.82) is 0 Å². The first kappa shape index (κ1) is 65.4. The number of aliphatic hydroxyl groups is 1. The van der Waals surface area contributed by atoms with E-state index in [2.05, 4.69) is 129 Å². The summed E-state index contributed by atoms with van der Waals surface area (Å²) in [7, 11) is -7.17. The first-order valence-electron chi connectivity index (χ1n) is 25.4. The topological polar surface area (TPSA) is 252 Å². The number of aromatic nitrogens is 4. The summed E-state index contributed by atoms with van der Waals surface area (Å²) < 4.78 is 59.4. The van der Waals surface area contributed by atoms with Crippen LogP contribution in [0.3, 0.4) is 0 Å². The van der Waals surface area contributed by atoms with Crippen LogP contribution in [0, 0.1) is 152 Å². The van der Waals surface area contributed by atoms with Crippen molar-refractivity contribution in [1.82, 2.24) is 18.7 Å². The molecule has 2 N–H and O–H groups in total. The number of terminal acetylenes is 1. The maximum atomic E-state index is 14.7. The molecule has 2 aliphatic heterocycles. The number of aliphatic hydroxyl groups excluding tert-OH is 1. The lowest BCUT2D eigenvalue weighted by molar-refractivity contribution is -0.156. The average Bonchev–Trinajstić information content (AvgIpc) is 1.53. The van der Waals surface area contributed by atoms with E-state index in [1.165, 1.54) is 32.2 Å². The number of hydrogen-bond acceptors (Lipinski definition) is 16. The van der Waals surface area contributed by atoms with Gasteiger partial charge in [-0.1, -0.05) is 20.8 Å². The Morgan fingerprint density at radius 3 is 1.93 bits per heavy atom. The van der Waals surface area contributed by atoms with E-state index in [0.29, 0.717) is 15.7 Å². The van der Waals surface area contributed by atoms with Gasteiger partial charge in [-0.15, -0.1) is 6.42 Å². The number of hydrogen-bond donors (Lipinski definition) is 2. The molecule has 472 valence electrons. The Kier molecular flexibility index (Phi) is 23.4. The molecule has 0 spiro atoms. The minimum absolute atomic E-state index is 0. The minimum Gasteiger partial charge on any atom is -0.457 e. The van der Waals surface area contributed by atoms with Crippen molar-refractivity contribution in [2.75, 3.05) is 19.9 Å². The number of carbonyl (C=O) groups excluding carboxylic acids is 3. The quantitative estimate of drug-likeness (QED) is 0.0589. The third-order valence-electron chi connectivity index (χ3n) is 12.9. The summed E-state index contributed by atoms with van der Waals surface area (Å²) in [6, 6.07) is 3.71. The van der Waals surface area contributed by atoms with E-state index in [0.717, 1.165) is 28.1 Å². The number of benzene rings is 1. The SMILES string of the molecule is C#CC#CC#CC#CC#CC#CC#CC#CC#CC#CC#COc1cc(C(=O)n2c(=O)ccn([C@@H]3O[C@H](COP(C)(=O)O[C@@H]4C[C@H](n5cc(C)c(=O)[nH]c5=O)O[C@@H]4CO)[C@H](OC(=O)CCC(C)=O)C3O[Si](C)(C)C(C)(C)C)c2=O)cc(C)c1C.[HH].[HH].[HH].[HH].[HH].[HH].[HH].[HH].[HH].[HH].[HH].[HH].[HH].[HH].[HH].[HH].[HH].[HH].[HH].[HH].[HH].[HH]. The molecule has 1 aromatic carbocycles. The second kappa shape index (κ2) is 30.0. The number of ether oxygens (including phenoxy) is 4. The Labute approximate surface area is 519 Å². The van der Waals surface area contributed by atoms with Crippen molar-refractivity contribution in [2.24, 2.45) is 0 Å². The van der Waals surface area contributed by atoms with Gasteiger partial charge in [0, 0.05) is 152 Å². The summed E-state index contributed by atoms with van der Waals surface area (Å²) in [6.45, 7) is 15.6.